The number of benzene rings is 2. The summed E-state index contributed by atoms with van der Waals surface area (Å²) in [5, 5.41) is 15.9. The molecule has 2 fully saturated rings. The Kier molecular flexibility index (Phi) is 11.3. The minimum atomic E-state index is -1.05. The van der Waals surface area contributed by atoms with Crippen molar-refractivity contribution in [3.8, 4) is 5.75 Å². The van der Waals surface area contributed by atoms with E-state index in [9.17, 15) is 14.0 Å². The zero-order valence-electron chi connectivity index (χ0n) is 20.5. The largest absolute Gasteiger partial charge is 0.480 e. The summed E-state index contributed by atoms with van der Waals surface area (Å²) in [4.78, 5) is 24.5. The first-order valence-corrected chi connectivity index (χ1v) is 13.2. The van der Waals surface area contributed by atoms with Crippen LogP contribution in [-0.2, 0) is 9.59 Å². The van der Waals surface area contributed by atoms with E-state index in [-0.39, 0.29) is 16.7 Å². The van der Waals surface area contributed by atoms with Gasteiger partial charge in [0.1, 0.15) is 11.6 Å². The quantitative estimate of drug-likeness (QED) is 0.419. The van der Waals surface area contributed by atoms with Crippen LogP contribution in [0.15, 0.2) is 30.3 Å². The minimum Gasteiger partial charge on any atom is -0.480 e. The Morgan fingerprint density at radius 3 is 2.49 bits per heavy atom. The van der Waals surface area contributed by atoms with Crippen LogP contribution in [0.1, 0.15) is 42.7 Å². The van der Waals surface area contributed by atoms with Crippen LogP contribution < -0.4 is 15.4 Å². The van der Waals surface area contributed by atoms with Gasteiger partial charge in [0.15, 0.2) is 6.61 Å². The van der Waals surface area contributed by atoms with E-state index in [0.29, 0.717) is 34.2 Å². The highest BCUT2D eigenvalue weighted by Crippen LogP contribution is 2.33. The van der Waals surface area contributed by atoms with Crippen LogP contribution in [0.3, 0.4) is 0 Å². The molecule has 2 aliphatic rings. The Bertz CT molecular complexity index is 1090. The summed E-state index contributed by atoms with van der Waals surface area (Å²) in [6, 6.07) is 8.26. The molecule has 2 saturated heterocycles. The summed E-state index contributed by atoms with van der Waals surface area (Å²) in [6.45, 7) is 4.84. The summed E-state index contributed by atoms with van der Waals surface area (Å²) < 4.78 is 18.6. The predicted molar refractivity (Wildman–Crippen MR) is 143 cm³/mol. The fourth-order valence-electron chi connectivity index (χ4n) is 4.47. The fourth-order valence-corrected chi connectivity index (χ4v) is 5.15. The maximum absolute atomic E-state index is 13.8. The van der Waals surface area contributed by atoms with Gasteiger partial charge in [-0.05, 0) is 73.6 Å². The molecular weight excluding hydrogens is 544 g/mol. The van der Waals surface area contributed by atoms with Crippen LogP contribution in [-0.4, -0.2) is 60.8 Å². The average Bonchev–Trinajstić information content (AvgIpc) is 3.38. The Labute approximate surface area is 231 Å². The van der Waals surface area contributed by atoms with Gasteiger partial charge in [0, 0.05) is 43.8 Å². The second-order valence-electron chi connectivity index (χ2n) is 9.11. The average molecular weight is 575 g/mol. The summed E-state index contributed by atoms with van der Waals surface area (Å²) in [5.41, 5.74) is 2.07. The van der Waals surface area contributed by atoms with E-state index < -0.39 is 12.6 Å². The first-order valence-electron chi connectivity index (χ1n) is 12.1. The zero-order valence-corrected chi connectivity index (χ0v) is 22.8. The lowest BCUT2D eigenvalue weighted by Gasteiger charge is -2.33. The number of ether oxygens (including phenoxy) is 1. The maximum Gasteiger partial charge on any atom is 0.341 e. The Balaban J connectivity index is 0.000000248. The minimum absolute atomic E-state index is 0.180. The van der Waals surface area contributed by atoms with E-state index in [1.165, 1.54) is 12.1 Å². The molecule has 0 radical (unpaired) electrons. The molecule has 1 atom stereocenters. The number of amides is 1. The summed E-state index contributed by atoms with van der Waals surface area (Å²) in [6.07, 6.45) is 3.25. The molecule has 202 valence electrons. The van der Waals surface area contributed by atoms with Crippen molar-refractivity contribution in [2.75, 3.05) is 32.9 Å². The Morgan fingerprint density at radius 2 is 1.86 bits per heavy atom. The number of hydrogen-bond donors (Lipinski definition) is 3. The molecule has 7 nitrogen and oxygen atoms in total. The van der Waals surface area contributed by atoms with E-state index in [1.807, 2.05) is 11.8 Å². The fraction of sp³-hybridized carbons (Fsp3) is 0.462. The number of piperidine rings is 1. The molecule has 3 N–H and O–H groups in total. The topological polar surface area (TPSA) is 90.9 Å². The number of carbonyl (C=O) groups is 2. The number of aliphatic carboxylic acids is 1. The second kappa shape index (κ2) is 14.2. The molecular formula is C26H31Cl3FN3O4. The van der Waals surface area contributed by atoms with Gasteiger partial charge in [0.05, 0.1) is 10.0 Å². The molecule has 0 spiro atoms. The van der Waals surface area contributed by atoms with Crippen molar-refractivity contribution in [3.05, 3.63) is 62.3 Å². The Morgan fingerprint density at radius 1 is 1.14 bits per heavy atom. The van der Waals surface area contributed by atoms with Crippen molar-refractivity contribution >= 4 is 46.7 Å². The van der Waals surface area contributed by atoms with Crippen molar-refractivity contribution in [1.82, 2.24) is 15.5 Å². The SMILES string of the molecule is Cc1cc(Cl)c(F)cc1C1CCN(C(=O)CC[C@@H]2CNCN2)CC1.O=C(O)COc1ccc(Cl)cc1Cl. The lowest BCUT2D eigenvalue weighted by atomic mass is 9.86. The van der Waals surface area contributed by atoms with E-state index in [4.69, 9.17) is 44.6 Å². The number of likely N-dealkylation sites (tertiary alicyclic amines) is 1. The molecule has 2 aromatic carbocycles. The number of rotatable bonds is 7. The Hall–Kier alpha value is -2.10. The van der Waals surface area contributed by atoms with E-state index >= 15 is 0 Å². The number of carboxylic acid groups (broad SMARTS) is 1. The van der Waals surface area contributed by atoms with Crippen LogP contribution in [0.25, 0.3) is 0 Å². The lowest BCUT2D eigenvalue weighted by molar-refractivity contribution is -0.139. The zero-order chi connectivity index (χ0) is 26.9. The smallest absolute Gasteiger partial charge is 0.341 e. The summed E-state index contributed by atoms with van der Waals surface area (Å²) >= 11 is 17.2. The number of halogens is 4. The van der Waals surface area contributed by atoms with E-state index in [1.54, 1.807) is 18.2 Å². The maximum atomic E-state index is 13.8. The molecule has 0 bridgehead atoms. The molecule has 2 aliphatic heterocycles. The molecule has 2 heterocycles. The third-order valence-electron chi connectivity index (χ3n) is 6.45. The van der Waals surface area contributed by atoms with Gasteiger partial charge in [-0.3, -0.25) is 4.79 Å². The molecule has 37 heavy (non-hydrogen) atoms. The molecule has 0 aliphatic carbocycles. The van der Waals surface area contributed by atoms with Gasteiger partial charge >= 0.3 is 5.97 Å². The van der Waals surface area contributed by atoms with E-state index in [2.05, 4.69) is 10.6 Å². The highest BCUT2D eigenvalue weighted by Gasteiger charge is 2.26. The van der Waals surface area contributed by atoms with Gasteiger partial charge < -0.3 is 25.4 Å². The van der Waals surface area contributed by atoms with Gasteiger partial charge in [-0.1, -0.05) is 34.8 Å². The van der Waals surface area contributed by atoms with Gasteiger partial charge in [-0.15, -0.1) is 0 Å². The van der Waals surface area contributed by atoms with E-state index in [0.717, 1.165) is 56.7 Å². The number of aryl methyl sites for hydroxylation is 1. The van der Waals surface area contributed by atoms with Crippen molar-refractivity contribution in [2.24, 2.45) is 0 Å². The van der Waals surface area contributed by atoms with Gasteiger partial charge in [0.2, 0.25) is 5.91 Å². The highest BCUT2D eigenvalue weighted by atomic mass is 35.5. The second-order valence-corrected chi connectivity index (χ2v) is 10.4. The van der Waals surface area contributed by atoms with Crippen LogP contribution in [0.5, 0.6) is 5.75 Å². The van der Waals surface area contributed by atoms with Crippen LogP contribution in [0.2, 0.25) is 15.1 Å². The van der Waals surface area contributed by atoms with Gasteiger partial charge in [0.25, 0.3) is 0 Å². The number of carbonyl (C=O) groups excluding carboxylic acids is 1. The van der Waals surface area contributed by atoms with Crippen molar-refractivity contribution < 1.29 is 23.8 Å². The molecule has 1 amide bonds. The number of hydrogen-bond acceptors (Lipinski definition) is 5. The molecule has 4 rings (SSSR count). The molecule has 11 heteroatoms. The van der Waals surface area contributed by atoms with Gasteiger partial charge in [-0.25, -0.2) is 9.18 Å². The molecule has 0 unspecified atom stereocenters. The lowest BCUT2D eigenvalue weighted by Crippen LogP contribution is -2.38. The number of nitrogens with one attached hydrogen (secondary N) is 2. The highest BCUT2D eigenvalue weighted by molar-refractivity contribution is 6.35. The molecule has 0 aromatic heterocycles. The number of carboxylic acids is 1. The van der Waals surface area contributed by atoms with Crippen LogP contribution in [0.4, 0.5) is 4.39 Å². The normalized spacial score (nSPS) is 17.8. The summed E-state index contributed by atoms with van der Waals surface area (Å²) in [5.74, 6) is -0.546. The van der Waals surface area contributed by atoms with Crippen molar-refractivity contribution in [1.29, 1.82) is 0 Å². The number of nitrogens with zero attached hydrogens (tertiary/aromatic N) is 1. The van der Waals surface area contributed by atoms with Gasteiger partial charge in [-0.2, -0.15) is 0 Å². The monoisotopic (exact) mass is 573 g/mol. The standard InChI is InChI=1S/C18H25ClFN3O.C8H6Cl2O3/c1-12-8-16(19)17(20)9-15(12)13-4-6-23(7-5-13)18(24)3-2-14-10-21-11-22-14;9-5-1-2-7(6(10)3-5)13-4-8(11)12/h8-9,13-14,21-22H,2-7,10-11H2,1H3;1-3H,4H2,(H,11,12)/t14-;/m1./s1. The third kappa shape index (κ3) is 9.00. The third-order valence-corrected chi connectivity index (χ3v) is 7.27. The van der Waals surface area contributed by atoms with Crippen LogP contribution >= 0.6 is 34.8 Å². The first-order chi connectivity index (χ1) is 17.6. The predicted octanol–water partition coefficient (Wildman–Crippen LogP) is 5.25. The van der Waals surface area contributed by atoms with Crippen LogP contribution in [0, 0.1) is 12.7 Å². The molecule has 2 aromatic rings. The van der Waals surface area contributed by atoms with Crippen molar-refractivity contribution in [3.63, 3.8) is 0 Å². The first kappa shape index (κ1) is 29.5. The summed E-state index contributed by atoms with van der Waals surface area (Å²) in [7, 11) is 0. The molecule has 0 saturated carbocycles. The van der Waals surface area contributed by atoms with Crippen molar-refractivity contribution in [2.45, 2.75) is 44.6 Å².